The number of hydrogen-bond acceptors (Lipinski definition) is 2. The van der Waals surface area contributed by atoms with Crippen molar-refractivity contribution < 1.29 is 0 Å². The number of hydrogen-bond donors (Lipinski definition) is 1. The molecule has 2 unspecified atom stereocenters. The highest BCUT2D eigenvalue weighted by Crippen LogP contribution is 2.40. The molecule has 2 N–H and O–H groups in total. The standard InChI is InChI=1S/C12H23NS/c13-7-11-8-14-9-12(11)10-5-3-1-2-4-6-10/h10-12H,1-9,13H2. The summed E-state index contributed by atoms with van der Waals surface area (Å²) in [4.78, 5) is 0. The lowest BCUT2D eigenvalue weighted by molar-refractivity contribution is 0.261. The van der Waals surface area contributed by atoms with Crippen LogP contribution in [0.1, 0.15) is 38.5 Å². The van der Waals surface area contributed by atoms with Crippen LogP contribution in [0.25, 0.3) is 0 Å². The number of nitrogens with two attached hydrogens (primary N) is 1. The quantitative estimate of drug-likeness (QED) is 0.714. The molecule has 0 bridgehead atoms. The molecule has 1 aliphatic heterocycles. The van der Waals surface area contributed by atoms with Gasteiger partial charge in [0.05, 0.1) is 0 Å². The number of thioether (sulfide) groups is 1. The molecule has 2 atom stereocenters. The highest BCUT2D eigenvalue weighted by Gasteiger charge is 2.33. The summed E-state index contributed by atoms with van der Waals surface area (Å²) in [6.45, 7) is 0.925. The molecule has 82 valence electrons. The molecule has 1 nitrogen and oxygen atoms in total. The molecule has 1 aliphatic carbocycles. The first-order valence-corrected chi connectivity index (χ1v) is 7.35. The maximum absolute atomic E-state index is 5.86. The van der Waals surface area contributed by atoms with Crippen molar-refractivity contribution in [2.75, 3.05) is 18.1 Å². The SMILES string of the molecule is NCC1CSCC1C1CCCCCC1. The first kappa shape index (κ1) is 10.8. The van der Waals surface area contributed by atoms with Gasteiger partial charge in [0.1, 0.15) is 0 Å². The molecule has 14 heavy (non-hydrogen) atoms. The second-order valence-corrected chi connectivity index (χ2v) is 6.02. The van der Waals surface area contributed by atoms with Gasteiger partial charge in [-0.25, -0.2) is 0 Å². The van der Waals surface area contributed by atoms with Crippen LogP contribution in [0, 0.1) is 17.8 Å². The van der Waals surface area contributed by atoms with Crippen molar-refractivity contribution in [3.05, 3.63) is 0 Å². The average molecular weight is 213 g/mol. The summed E-state index contributed by atoms with van der Waals surface area (Å²) in [6, 6.07) is 0. The van der Waals surface area contributed by atoms with E-state index in [1.807, 2.05) is 0 Å². The van der Waals surface area contributed by atoms with Gasteiger partial charge in [-0.15, -0.1) is 0 Å². The van der Waals surface area contributed by atoms with E-state index in [9.17, 15) is 0 Å². The van der Waals surface area contributed by atoms with Crippen molar-refractivity contribution in [3.63, 3.8) is 0 Å². The Bertz CT molecular complexity index is 164. The van der Waals surface area contributed by atoms with Crippen molar-refractivity contribution >= 4 is 11.8 Å². The van der Waals surface area contributed by atoms with Crippen LogP contribution in [-0.2, 0) is 0 Å². The third-order valence-corrected chi connectivity index (χ3v) is 5.34. The van der Waals surface area contributed by atoms with Gasteiger partial charge in [0.15, 0.2) is 0 Å². The van der Waals surface area contributed by atoms with E-state index < -0.39 is 0 Å². The monoisotopic (exact) mass is 213 g/mol. The maximum Gasteiger partial charge on any atom is -0.00239 e. The average Bonchev–Trinajstić information content (AvgIpc) is 2.52. The molecule has 0 spiro atoms. The molecule has 2 heteroatoms. The maximum atomic E-state index is 5.86. The molecule has 1 saturated heterocycles. The van der Waals surface area contributed by atoms with Crippen LogP contribution in [-0.4, -0.2) is 18.1 Å². The summed E-state index contributed by atoms with van der Waals surface area (Å²) in [5.74, 6) is 5.54. The zero-order valence-corrected chi connectivity index (χ0v) is 9.90. The highest BCUT2D eigenvalue weighted by atomic mass is 32.2. The Morgan fingerprint density at radius 3 is 2.36 bits per heavy atom. The Hall–Kier alpha value is 0.310. The first-order valence-electron chi connectivity index (χ1n) is 6.19. The highest BCUT2D eigenvalue weighted by molar-refractivity contribution is 7.99. The van der Waals surface area contributed by atoms with Crippen LogP contribution >= 0.6 is 11.8 Å². The summed E-state index contributed by atoms with van der Waals surface area (Å²) in [5.41, 5.74) is 5.86. The van der Waals surface area contributed by atoms with Crippen molar-refractivity contribution in [1.29, 1.82) is 0 Å². The van der Waals surface area contributed by atoms with Crippen LogP contribution < -0.4 is 5.73 Å². The summed E-state index contributed by atoms with van der Waals surface area (Å²) < 4.78 is 0. The Kier molecular flexibility index (Phi) is 4.18. The van der Waals surface area contributed by atoms with Crippen molar-refractivity contribution in [2.24, 2.45) is 23.5 Å². The lowest BCUT2D eigenvalue weighted by Crippen LogP contribution is -2.27. The van der Waals surface area contributed by atoms with Crippen LogP contribution in [0.15, 0.2) is 0 Å². The zero-order valence-electron chi connectivity index (χ0n) is 9.08. The second kappa shape index (κ2) is 5.41. The molecule has 0 aromatic carbocycles. The van der Waals surface area contributed by atoms with Gasteiger partial charge in [-0.3, -0.25) is 0 Å². The van der Waals surface area contributed by atoms with Crippen molar-refractivity contribution in [1.82, 2.24) is 0 Å². The summed E-state index contributed by atoms with van der Waals surface area (Å²) in [5, 5.41) is 0. The molecular formula is C12H23NS. The molecule has 0 radical (unpaired) electrons. The number of rotatable bonds is 2. The Morgan fingerprint density at radius 1 is 1.00 bits per heavy atom. The van der Waals surface area contributed by atoms with Crippen LogP contribution in [0.4, 0.5) is 0 Å². The third kappa shape index (κ3) is 2.46. The zero-order chi connectivity index (χ0) is 9.80. The predicted molar refractivity (Wildman–Crippen MR) is 64.6 cm³/mol. The second-order valence-electron chi connectivity index (χ2n) is 4.95. The minimum absolute atomic E-state index is 0.836. The topological polar surface area (TPSA) is 26.0 Å². The fourth-order valence-electron chi connectivity index (χ4n) is 3.12. The van der Waals surface area contributed by atoms with E-state index in [1.165, 1.54) is 50.0 Å². The third-order valence-electron chi connectivity index (χ3n) is 4.06. The van der Waals surface area contributed by atoms with Crippen molar-refractivity contribution in [2.45, 2.75) is 38.5 Å². The normalized spacial score (nSPS) is 35.8. The first-order chi connectivity index (χ1) is 6.92. The van der Waals surface area contributed by atoms with Crippen LogP contribution in [0.2, 0.25) is 0 Å². The molecule has 1 saturated carbocycles. The van der Waals surface area contributed by atoms with E-state index in [4.69, 9.17) is 5.73 Å². The van der Waals surface area contributed by atoms with Crippen LogP contribution in [0.5, 0.6) is 0 Å². The van der Waals surface area contributed by atoms with E-state index in [2.05, 4.69) is 11.8 Å². The van der Waals surface area contributed by atoms with Gasteiger partial charge < -0.3 is 5.73 Å². The molecule has 0 aromatic rings. The largest absolute Gasteiger partial charge is 0.330 e. The minimum Gasteiger partial charge on any atom is -0.330 e. The molecule has 0 amide bonds. The smallest absolute Gasteiger partial charge is 0.00239 e. The van der Waals surface area contributed by atoms with Gasteiger partial charge in [-0.1, -0.05) is 38.5 Å². The molecule has 2 aliphatic rings. The van der Waals surface area contributed by atoms with Gasteiger partial charge in [-0.05, 0) is 35.8 Å². The van der Waals surface area contributed by atoms with E-state index in [0.717, 1.165) is 24.3 Å². The fraction of sp³-hybridized carbons (Fsp3) is 1.00. The van der Waals surface area contributed by atoms with Gasteiger partial charge >= 0.3 is 0 Å². The summed E-state index contributed by atoms with van der Waals surface area (Å²) in [7, 11) is 0. The summed E-state index contributed by atoms with van der Waals surface area (Å²) in [6.07, 6.45) is 8.88. The summed E-state index contributed by atoms with van der Waals surface area (Å²) >= 11 is 2.14. The van der Waals surface area contributed by atoms with Crippen LogP contribution in [0.3, 0.4) is 0 Å². The molecule has 2 rings (SSSR count). The van der Waals surface area contributed by atoms with E-state index >= 15 is 0 Å². The molecule has 2 fully saturated rings. The Balaban J connectivity index is 1.91. The van der Waals surface area contributed by atoms with E-state index in [0.29, 0.717) is 0 Å². The molecule has 0 aromatic heterocycles. The Labute approximate surface area is 92.2 Å². The predicted octanol–water partition coefficient (Wildman–Crippen LogP) is 2.89. The van der Waals surface area contributed by atoms with Gasteiger partial charge in [0, 0.05) is 0 Å². The lowest BCUT2D eigenvalue weighted by Gasteiger charge is -2.26. The molecule has 1 heterocycles. The van der Waals surface area contributed by atoms with E-state index in [-0.39, 0.29) is 0 Å². The lowest BCUT2D eigenvalue weighted by atomic mass is 9.80. The minimum atomic E-state index is 0.836. The van der Waals surface area contributed by atoms with Gasteiger partial charge in [0.2, 0.25) is 0 Å². The van der Waals surface area contributed by atoms with Crippen molar-refractivity contribution in [3.8, 4) is 0 Å². The van der Waals surface area contributed by atoms with Gasteiger partial charge in [0.25, 0.3) is 0 Å². The fourth-order valence-corrected chi connectivity index (χ4v) is 4.76. The van der Waals surface area contributed by atoms with E-state index in [1.54, 1.807) is 0 Å². The Morgan fingerprint density at radius 2 is 1.71 bits per heavy atom. The van der Waals surface area contributed by atoms with Gasteiger partial charge in [-0.2, -0.15) is 11.8 Å². The molecular weight excluding hydrogens is 190 g/mol.